The molecule has 2 amide bonds. The normalized spacial score (nSPS) is 19.1. The number of piperidine rings is 1. The van der Waals surface area contributed by atoms with Crippen LogP contribution in [-0.2, 0) is 9.53 Å². The van der Waals surface area contributed by atoms with E-state index in [4.69, 9.17) is 10.00 Å². The van der Waals surface area contributed by atoms with Gasteiger partial charge in [0.05, 0.1) is 24.4 Å². The number of amides is 2. The van der Waals surface area contributed by atoms with Gasteiger partial charge in [0.25, 0.3) is 5.91 Å². The van der Waals surface area contributed by atoms with E-state index in [-0.39, 0.29) is 18.8 Å². The molecule has 2 aromatic rings. The minimum Gasteiger partial charge on any atom is -0.444 e. The van der Waals surface area contributed by atoms with Crippen molar-refractivity contribution in [3.63, 3.8) is 0 Å². The molecule has 0 spiro atoms. The van der Waals surface area contributed by atoms with Crippen LogP contribution >= 0.6 is 0 Å². The summed E-state index contributed by atoms with van der Waals surface area (Å²) in [7, 11) is 0. The molecule has 8 nitrogen and oxygen atoms in total. The molecule has 1 fully saturated rings. The number of halogens is 1. The molecule has 3 rings (SSSR count). The van der Waals surface area contributed by atoms with Gasteiger partial charge in [-0.05, 0) is 51.8 Å². The molecule has 0 saturated carbocycles. The Morgan fingerprint density at radius 2 is 2.13 bits per heavy atom. The Hall–Kier alpha value is -3.41. The largest absolute Gasteiger partial charge is 0.444 e. The average molecular weight is 413 g/mol. The van der Waals surface area contributed by atoms with Gasteiger partial charge < -0.3 is 19.5 Å². The maximum atomic E-state index is 15.4. The number of alkyl halides is 1. The minimum atomic E-state index is -2.24. The molecule has 1 atom stereocenters. The highest BCUT2D eigenvalue weighted by molar-refractivity contribution is 5.97. The smallest absolute Gasteiger partial charge is 0.410 e. The first kappa shape index (κ1) is 21.3. The van der Waals surface area contributed by atoms with Crippen LogP contribution in [0.5, 0.6) is 0 Å². The molecule has 0 radical (unpaired) electrons. The molecule has 1 aliphatic heterocycles. The van der Waals surface area contributed by atoms with Gasteiger partial charge in [-0.1, -0.05) is 6.07 Å². The Morgan fingerprint density at radius 3 is 2.83 bits per heavy atom. The Kier molecular flexibility index (Phi) is 5.78. The molecule has 1 aromatic carbocycles. The molecular formula is C21H24FN5O3. The molecule has 9 heteroatoms. The fraction of sp³-hybridized carbons (Fsp3) is 0.429. The summed E-state index contributed by atoms with van der Waals surface area (Å²) >= 11 is 0. The number of nitriles is 1. The number of rotatable bonds is 3. The molecule has 158 valence electrons. The van der Waals surface area contributed by atoms with E-state index in [0.717, 1.165) is 0 Å². The highest BCUT2D eigenvalue weighted by atomic mass is 19.1. The lowest BCUT2D eigenvalue weighted by Gasteiger charge is -2.36. The molecule has 1 saturated heterocycles. The minimum absolute atomic E-state index is 0.00303. The van der Waals surface area contributed by atoms with Crippen LogP contribution < -0.4 is 5.32 Å². The number of likely N-dealkylation sites (tertiary alicyclic amines) is 1. The van der Waals surface area contributed by atoms with Crippen molar-refractivity contribution in [3.05, 3.63) is 42.4 Å². The maximum absolute atomic E-state index is 15.4. The molecule has 30 heavy (non-hydrogen) atoms. The summed E-state index contributed by atoms with van der Waals surface area (Å²) in [5.74, 6) is -0.680. The van der Waals surface area contributed by atoms with E-state index in [1.165, 1.54) is 17.4 Å². The second-order valence-corrected chi connectivity index (χ2v) is 8.25. The third-order valence-electron chi connectivity index (χ3n) is 4.60. The number of aromatic nitrogens is 2. The lowest BCUT2D eigenvalue weighted by atomic mass is 9.94. The summed E-state index contributed by atoms with van der Waals surface area (Å²) in [5.41, 5.74) is -1.77. The van der Waals surface area contributed by atoms with Gasteiger partial charge in [0.15, 0.2) is 5.82 Å². The number of imidazole rings is 1. The lowest BCUT2D eigenvalue weighted by molar-refractivity contribution is -0.130. The number of ether oxygens (including phenoxy) is 1. The van der Waals surface area contributed by atoms with Crippen LogP contribution in [0.2, 0.25) is 0 Å². The van der Waals surface area contributed by atoms with Crippen LogP contribution in [0.4, 0.5) is 15.0 Å². The summed E-state index contributed by atoms with van der Waals surface area (Å²) in [6, 6.07) is 8.92. The van der Waals surface area contributed by atoms with E-state index in [9.17, 15) is 9.59 Å². The van der Waals surface area contributed by atoms with Crippen LogP contribution in [0.3, 0.4) is 0 Å². The number of carbonyl (C=O) groups excluding carboxylic acids is 2. The van der Waals surface area contributed by atoms with E-state index in [1.54, 1.807) is 49.6 Å². The second-order valence-electron chi connectivity index (χ2n) is 8.25. The highest BCUT2D eigenvalue weighted by Crippen LogP contribution is 2.28. The quantitative estimate of drug-likeness (QED) is 0.831. The van der Waals surface area contributed by atoms with Crippen molar-refractivity contribution in [1.82, 2.24) is 14.5 Å². The number of hydrogen-bond donors (Lipinski definition) is 1. The predicted octanol–water partition coefficient (Wildman–Crippen LogP) is 3.42. The predicted molar refractivity (Wildman–Crippen MR) is 108 cm³/mol. The Morgan fingerprint density at radius 1 is 1.37 bits per heavy atom. The molecule has 1 aromatic heterocycles. The Balaban J connectivity index is 1.68. The van der Waals surface area contributed by atoms with Crippen molar-refractivity contribution in [2.24, 2.45) is 0 Å². The number of nitrogens with one attached hydrogen (secondary N) is 1. The van der Waals surface area contributed by atoms with Gasteiger partial charge in [0.2, 0.25) is 5.67 Å². The molecule has 1 aliphatic rings. The van der Waals surface area contributed by atoms with Gasteiger partial charge in [-0.2, -0.15) is 5.26 Å². The molecule has 1 unspecified atom stereocenters. The van der Waals surface area contributed by atoms with Crippen LogP contribution in [0.25, 0.3) is 5.69 Å². The van der Waals surface area contributed by atoms with Crippen molar-refractivity contribution in [3.8, 4) is 11.8 Å². The third kappa shape index (κ3) is 4.95. The molecule has 0 bridgehead atoms. The van der Waals surface area contributed by atoms with Gasteiger partial charge in [0, 0.05) is 12.2 Å². The van der Waals surface area contributed by atoms with Gasteiger partial charge in [0.1, 0.15) is 11.9 Å². The summed E-state index contributed by atoms with van der Waals surface area (Å²) < 4.78 is 22.3. The van der Waals surface area contributed by atoms with E-state index in [2.05, 4.69) is 16.4 Å². The van der Waals surface area contributed by atoms with Crippen LogP contribution in [0, 0.1) is 11.3 Å². The van der Waals surface area contributed by atoms with Gasteiger partial charge in [-0.15, -0.1) is 0 Å². The summed E-state index contributed by atoms with van der Waals surface area (Å²) in [6.07, 6.45) is 2.71. The summed E-state index contributed by atoms with van der Waals surface area (Å²) in [6.45, 7) is 5.14. The van der Waals surface area contributed by atoms with Crippen LogP contribution in [0.1, 0.15) is 39.2 Å². The van der Waals surface area contributed by atoms with Crippen LogP contribution in [-0.4, -0.2) is 50.8 Å². The molecule has 0 aliphatic carbocycles. The van der Waals surface area contributed by atoms with Crippen molar-refractivity contribution >= 4 is 17.8 Å². The number of carbonyl (C=O) groups is 2. The van der Waals surface area contributed by atoms with Gasteiger partial charge in [-0.3, -0.25) is 4.79 Å². The maximum Gasteiger partial charge on any atom is 0.410 e. The zero-order valence-corrected chi connectivity index (χ0v) is 17.2. The molecule has 2 heterocycles. The first-order valence-corrected chi connectivity index (χ1v) is 9.62. The van der Waals surface area contributed by atoms with Crippen molar-refractivity contribution in [1.29, 1.82) is 5.26 Å². The van der Waals surface area contributed by atoms with Crippen molar-refractivity contribution in [2.75, 3.05) is 18.4 Å². The van der Waals surface area contributed by atoms with E-state index in [1.807, 2.05) is 0 Å². The SMILES string of the molecule is CC(C)(C)OC(=O)N1CCCC(F)(C(=O)Nc2cn(-c3cccc(C#N)c3)cn2)C1. The zero-order chi connectivity index (χ0) is 21.9. The Labute approximate surface area is 174 Å². The first-order chi connectivity index (χ1) is 14.1. The summed E-state index contributed by atoms with van der Waals surface area (Å²) in [4.78, 5) is 30.2. The fourth-order valence-corrected chi connectivity index (χ4v) is 3.17. The van der Waals surface area contributed by atoms with Gasteiger partial charge in [-0.25, -0.2) is 14.2 Å². The number of hydrogen-bond acceptors (Lipinski definition) is 5. The number of nitrogens with zero attached hydrogens (tertiary/aromatic N) is 4. The highest BCUT2D eigenvalue weighted by Gasteiger charge is 2.45. The standard InChI is InChI=1S/C21H24FN5O3/c1-20(2,3)30-19(29)26-9-5-8-21(22,13-26)18(28)25-17-12-27(14-24-17)16-7-4-6-15(10-16)11-23/h4,6-7,10,12,14H,5,8-9,13H2,1-3H3,(H,25,28). The lowest BCUT2D eigenvalue weighted by Crippen LogP contribution is -2.54. The zero-order valence-electron chi connectivity index (χ0n) is 17.2. The average Bonchev–Trinajstić information content (AvgIpc) is 3.15. The van der Waals surface area contributed by atoms with E-state index in [0.29, 0.717) is 24.2 Å². The second kappa shape index (κ2) is 8.14. The van der Waals surface area contributed by atoms with Crippen molar-refractivity contribution < 1.29 is 18.7 Å². The third-order valence-corrected chi connectivity index (χ3v) is 4.60. The topological polar surface area (TPSA) is 100 Å². The fourth-order valence-electron chi connectivity index (χ4n) is 3.17. The molecule has 1 N–H and O–H groups in total. The number of anilines is 1. The van der Waals surface area contributed by atoms with Crippen LogP contribution in [0.15, 0.2) is 36.8 Å². The number of benzene rings is 1. The van der Waals surface area contributed by atoms with Gasteiger partial charge >= 0.3 is 6.09 Å². The summed E-state index contributed by atoms with van der Waals surface area (Å²) in [5, 5.41) is 11.5. The monoisotopic (exact) mass is 413 g/mol. The van der Waals surface area contributed by atoms with E-state index >= 15 is 4.39 Å². The Bertz CT molecular complexity index is 991. The molecular weight excluding hydrogens is 389 g/mol. The first-order valence-electron chi connectivity index (χ1n) is 9.62. The van der Waals surface area contributed by atoms with E-state index < -0.39 is 23.3 Å². The van der Waals surface area contributed by atoms with Crippen molar-refractivity contribution in [2.45, 2.75) is 44.9 Å².